The molecule has 17 heavy (non-hydrogen) atoms. The van der Waals surface area contributed by atoms with Crippen molar-refractivity contribution < 1.29 is 4.79 Å². The van der Waals surface area contributed by atoms with Gasteiger partial charge < -0.3 is 0 Å². The van der Waals surface area contributed by atoms with Gasteiger partial charge in [-0.15, -0.1) is 0 Å². The molecule has 2 aromatic carbocycles. The van der Waals surface area contributed by atoms with Gasteiger partial charge in [0.1, 0.15) is 0 Å². The summed E-state index contributed by atoms with van der Waals surface area (Å²) in [5.74, 6) is 0.478. The van der Waals surface area contributed by atoms with E-state index >= 15 is 0 Å². The van der Waals surface area contributed by atoms with Crippen molar-refractivity contribution in [1.29, 1.82) is 0 Å². The van der Waals surface area contributed by atoms with Crippen molar-refractivity contribution in [3.63, 3.8) is 0 Å². The lowest BCUT2D eigenvalue weighted by atomic mass is 9.93. The van der Waals surface area contributed by atoms with Gasteiger partial charge in [-0.25, -0.2) is 0 Å². The number of ketones is 1. The lowest BCUT2D eigenvalue weighted by Crippen LogP contribution is -2.04. The van der Waals surface area contributed by atoms with Crippen LogP contribution in [0.1, 0.15) is 35.2 Å². The fourth-order valence-electron chi connectivity index (χ4n) is 1.92. The van der Waals surface area contributed by atoms with Crippen LogP contribution in [0.3, 0.4) is 0 Å². The molecule has 0 heterocycles. The van der Waals surface area contributed by atoms with Gasteiger partial charge in [-0.1, -0.05) is 67.6 Å². The lowest BCUT2D eigenvalue weighted by molar-refractivity contribution is 0.0975. The first-order valence-electron chi connectivity index (χ1n) is 5.90. The van der Waals surface area contributed by atoms with E-state index in [0.29, 0.717) is 6.42 Å². The van der Waals surface area contributed by atoms with Crippen LogP contribution in [0.5, 0.6) is 0 Å². The maximum absolute atomic E-state index is 12.0. The van der Waals surface area contributed by atoms with Crippen LogP contribution >= 0.6 is 0 Å². The topological polar surface area (TPSA) is 17.1 Å². The normalized spacial score (nSPS) is 12.1. The Balaban J connectivity index is 2.05. The first-order valence-corrected chi connectivity index (χ1v) is 5.90. The van der Waals surface area contributed by atoms with Crippen molar-refractivity contribution in [1.82, 2.24) is 0 Å². The first kappa shape index (κ1) is 11.6. The van der Waals surface area contributed by atoms with Gasteiger partial charge in [0.25, 0.3) is 0 Å². The number of carbonyl (C=O) groups excluding carboxylic acids is 1. The summed E-state index contributed by atoms with van der Waals surface area (Å²) in [5, 5.41) is 0. The standard InChI is InChI=1S/C16H16O/c1-13(14-8-4-2-5-9-14)12-16(17)15-10-6-3-7-11-15/h2-11,13H,12H2,1H3/t13-/m0/s1. The summed E-state index contributed by atoms with van der Waals surface area (Å²) in [6.07, 6.45) is 0.564. The summed E-state index contributed by atoms with van der Waals surface area (Å²) in [4.78, 5) is 12.0. The lowest BCUT2D eigenvalue weighted by Gasteiger charge is -2.10. The van der Waals surface area contributed by atoms with E-state index in [0.717, 1.165) is 5.56 Å². The predicted octanol–water partition coefficient (Wildman–Crippen LogP) is 4.06. The Morgan fingerprint density at radius 3 is 2.06 bits per heavy atom. The molecule has 0 saturated heterocycles. The third kappa shape index (κ3) is 3.04. The van der Waals surface area contributed by atoms with Crippen molar-refractivity contribution in [3.8, 4) is 0 Å². The molecule has 0 saturated carbocycles. The summed E-state index contributed by atoms with van der Waals surface area (Å²) in [5.41, 5.74) is 2.02. The number of Topliss-reactive ketones (excluding diaryl/α,β-unsaturated/α-hetero) is 1. The third-order valence-corrected chi connectivity index (χ3v) is 2.96. The van der Waals surface area contributed by atoms with Crippen molar-refractivity contribution >= 4 is 5.78 Å². The summed E-state index contributed by atoms with van der Waals surface area (Å²) in [7, 11) is 0. The minimum absolute atomic E-state index is 0.210. The zero-order valence-corrected chi connectivity index (χ0v) is 9.97. The van der Waals surface area contributed by atoms with E-state index < -0.39 is 0 Å². The van der Waals surface area contributed by atoms with Gasteiger partial charge in [0.15, 0.2) is 5.78 Å². The Morgan fingerprint density at radius 2 is 1.47 bits per heavy atom. The molecule has 1 nitrogen and oxygen atoms in total. The van der Waals surface area contributed by atoms with E-state index in [4.69, 9.17) is 0 Å². The van der Waals surface area contributed by atoms with E-state index in [1.165, 1.54) is 5.56 Å². The van der Waals surface area contributed by atoms with E-state index in [1.54, 1.807) is 0 Å². The molecule has 1 atom stereocenters. The molecule has 86 valence electrons. The van der Waals surface area contributed by atoms with Crippen molar-refractivity contribution in [3.05, 3.63) is 71.8 Å². The molecule has 0 aliphatic carbocycles. The quantitative estimate of drug-likeness (QED) is 0.716. The average molecular weight is 224 g/mol. The van der Waals surface area contributed by atoms with Crippen LogP contribution in [0.4, 0.5) is 0 Å². The van der Waals surface area contributed by atoms with Crippen molar-refractivity contribution in [2.45, 2.75) is 19.3 Å². The van der Waals surface area contributed by atoms with Crippen LogP contribution < -0.4 is 0 Å². The molecular formula is C16H16O. The van der Waals surface area contributed by atoms with Crippen LogP contribution in [-0.2, 0) is 0 Å². The first-order chi connectivity index (χ1) is 8.27. The molecule has 2 rings (SSSR count). The van der Waals surface area contributed by atoms with Gasteiger partial charge in [0, 0.05) is 12.0 Å². The highest BCUT2D eigenvalue weighted by Crippen LogP contribution is 2.20. The van der Waals surface area contributed by atoms with E-state index in [1.807, 2.05) is 48.5 Å². The SMILES string of the molecule is C[C@@H](CC(=O)c1ccccc1)c1ccccc1. The zero-order valence-electron chi connectivity index (χ0n) is 9.97. The Labute approximate surface area is 102 Å². The monoisotopic (exact) mass is 224 g/mol. The fourth-order valence-corrected chi connectivity index (χ4v) is 1.92. The van der Waals surface area contributed by atoms with Gasteiger partial charge in [0.2, 0.25) is 0 Å². The second kappa shape index (κ2) is 5.44. The molecule has 0 aliphatic rings. The highest BCUT2D eigenvalue weighted by molar-refractivity contribution is 5.96. The number of benzene rings is 2. The van der Waals surface area contributed by atoms with Crippen LogP contribution in [0.2, 0.25) is 0 Å². The Morgan fingerprint density at radius 1 is 0.941 bits per heavy atom. The maximum atomic E-state index is 12.0. The molecule has 0 aliphatic heterocycles. The highest BCUT2D eigenvalue weighted by Gasteiger charge is 2.12. The molecule has 0 bridgehead atoms. The zero-order chi connectivity index (χ0) is 12.1. The van der Waals surface area contributed by atoms with Gasteiger partial charge in [-0.2, -0.15) is 0 Å². The average Bonchev–Trinajstić information content (AvgIpc) is 2.40. The van der Waals surface area contributed by atoms with Crippen molar-refractivity contribution in [2.24, 2.45) is 0 Å². The van der Waals surface area contributed by atoms with Gasteiger partial charge in [-0.05, 0) is 11.5 Å². The Bertz CT molecular complexity index is 473. The summed E-state index contributed by atoms with van der Waals surface area (Å²) in [6, 6.07) is 19.6. The van der Waals surface area contributed by atoms with Gasteiger partial charge in [0.05, 0.1) is 0 Å². The molecule has 0 aromatic heterocycles. The summed E-state index contributed by atoms with van der Waals surface area (Å²) >= 11 is 0. The van der Waals surface area contributed by atoms with E-state index in [2.05, 4.69) is 19.1 Å². The van der Waals surface area contributed by atoms with Crippen LogP contribution in [0, 0.1) is 0 Å². The highest BCUT2D eigenvalue weighted by atomic mass is 16.1. The Hall–Kier alpha value is -1.89. The fraction of sp³-hybridized carbons (Fsp3) is 0.188. The second-order valence-corrected chi connectivity index (χ2v) is 4.31. The molecule has 2 aromatic rings. The Kier molecular flexibility index (Phi) is 3.71. The molecule has 1 heteroatoms. The minimum atomic E-state index is 0.210. The molecule has 0 radical (unpaired) electrons. The molecule has 0 amide bonds. The molecular weight excluding hydrogens is 208 g/mol. The number of carbonyl (C=O) groups is 1. The van der Waals surface area contributed by atoms with Gasteiger partial charge >= 0.3 is 0 Å². The van der Waals surface area contributed by atoms with Crippen LogP contribution in [0.25, 0.3) is 0 Å². The minimum Gasteiger partial charge on any atom is -0.294 e. The number of hydrogen-bond donors (Lipinski definition) is 0. The number of rotatable bonds is 4. The molecule has 0 unspecified atom stereocenters. The van der Waals surface area contributed by atoms with Crippen LogP contribution in [-0.4, -0.2) is 5.78 Å². The van der Waals surface area contributed by atoms with Gasteiger partial charge in [-0.3, -0.25) is 4.79 Å². The maximum Gasteiger partial charge on any atom is 0.163 e. The second-order valence-electron chi connectivity index (χ2n) is 4.31. The smallest absolute Gasteiger partial charge is 0.163 e. The molecule has 0 fully saturated rings. The molecule has 0 spiro atoms. The van der Waals surface area contributed by atoms with Crippen LogP contribution in [0.15, 0.2) is 60.7 Å². The summed E-state index contributed by atoms with van der Waals surface area (Å²) in [6.45, 7) is 2.09. The van der Waals surface area contributed by atoms with Crippen molar-refractivity contribution in [2.75, 3.05) is 0 Å². The van der Waals surface area contributed by atoms with E-state index in [-0.39, 0.29) is 11.7 Å². The summed E-state index contributed by atoms with van der Waals surface area (Å²) < 4.78 is 0. The predicted molar refractivity (Wildman–Crippen MR) is 70.2 cm³/mol. The largest absolute Gasteiger partial charge is 0.294 e. The number of hydrogen-bond acceptors (Lipinski definition) is 1. The molecule has 0 N–H and O–H groups in total. The third-order valence-electron chi connectivity index (χ3n) is 2.96. The van der Waals surface area contributed by atoms with E-state index in [9.17, 15) is 4.79 Å².